The summed E-state index contributed by atoms with van der Waals surface area (Å²) in [7, 11) is 0. The van der Waals surface area contributed by atoms with E-state index in [1.807, 2.05) is 0 Å². The lowest BCUT2D eigenvalue weighted by Crippen LogP contribution is -2.53. The molecule has 0 aromatic carbocycles. The average molecular weight is 339 g/mol. The Hall–Kier alpha value is -1.97. The Bertz CT molecular complexity index is 529. The third-order valence-corrected chi connectivity index (χ3v) is 3.26. The maximum atomic E-state index is 12.0. The van der Waals surface area contributed by atoms with Gasteiger partial charge < -0.3 is 15.4 Å². The van der Waals surface area contributed by atoms with Crippen LogP contribution in [0.25, 0.3) is 0 Å². The van der Waals surface area contributed by atoms with Crippen molar-refractivity contribution in [3.8, 4) is 5.75 Å². The Kier molecular flexibility index (Phi) is 5.34. The highest BCUT2D eigenvalue weighted by Gasteiger charge is 2.34. The number of nitrogens with one attached hydrogen (secondary N) is 2. The summed E-state index contributed by atoms with van der Waals surface area (Å²) < 4.78 is 64.1. The van der Waals surface area contributed by atoms with E-state index in [-0.39, 0.29) is 23.5 Å². The van der Waals surface area contributed by atoms with Gasteiger partial charge in [-0.15, -0.1) is 0 Å². The van der Waals surface area contributed by atoms with Crippen molar-refractivity contribution in [2.24, 2.45) is 0 Å². The first kappa shape index (κ1) is 17.4. The summed E-state index contributed by atoms with van der Waals surface area (Å²) in [5.74, 6) is -0.690. The molecule has 1 amide bonds. The summed E-state index contributed by atoms with van der Waals surface area (Å²) >= 11 is 0. The first-order valence-corrected chi connectivity index (χ1v) is 6.75. The van der Waals surface area contributed by atoms with Crippen LogP contribution in [-0.2, 0) is 0 Å². The van der Waals surface area contributed by atoms with E-state index in [0.29, 0.717) is 12.8 Å². The van der Waals surface area contributed by atoms with Gasteiger partial charge in [0.2, 0.25) is 0 Å². The molecule has 1 aromatic heterocycles. The fourth-order valence-corrected chi connectivity index (χ4v) is 2.11. The lowest BCUT2D eigenvalue weighted by Gasteiger charge is -2.36. The maximum Gasteiger partial charge on any atom is 0.401 e. The van der Waals surface area contributed by atoms with Gasteiger partial charge in [-0.3, -0.25) is 4.79 Å². The summed E-state index contributed by atoms with van der Waals surface area (Å²) in [4.78, 5) is 15.5. The highest BCUT2D eigenvalue weighted by molar-refractivity contribution is 5.92. The van der Waals surface area contributed by atoms with Crippen LogP contribution in [0.3, 0.4) is 0 Å². The van der Waals surface area contributed by atoms with Gasteiger partial charge >= 0.3 is 12.8 Å². The number of ether oxygens (including phenoxy) is 1. The number of alkyl halides is 5. The zero-order valence-corrected chi connectivity index (χ0v) is 11.7. The van der Waals surface area contributed by atoms with Gasteiger partial charge in [0.15, 0.2) is 0 Å². The van der Waals surface area contributed by atoms with Gasteiger partial charge in [-0.1, -0.05) is 0 Å². The van der Waals surface area contributed by atoms with Gasteiger partial charge in [-0.05, 0) is 25.0 Å². The van der Waals surface area contributed by atoms with E-state index < -0.39 is 25.2 Å². The number of hydrogen-bond acceptors (Lipinski definition) is 4. The Balaban J connectivity index is 1.74. The van der Waals surface area contributed by atoms with Crippen LogP contribution in [0.1, 0.15) is 23.3 Å². The fourth-order valence-electron chi connectivity index (χ4n) is 2.11. The molecule has 23 heavy (non-hydrogen) atoms. The number of nitrogens with zero attached hydrogens (tertiary/aromatic N) is 1. The molecule has 2 N–H and O–H groups in total. The van der Waals surface area contributed by atoms with Crippen LogP contribution in [-0.4, -0.2) is 42.3 Å². The monoisotopic (exact) mass is 339 g/mol. The summed E-state index contributed by atoms with van der Waals surface area (Å²) in [5.41, 5.74) is 0.0123. The highest BCUT2D eigenvalue weighted by Crippen LogP contribution is 2.22. The van der Waals surface area contributed by atoms with Gasteiger partial charge in [-0.2, -0.15) is 22.0 Å². The summed E-state index contributed by atoms with van der Waals surface area (Å²) in [6.07, 6.45) is -2.50. The van der Waals surface area contributed by atoms with E-state index in [0.717, 1.165) is 6.20 Å². The third kappa shape index (κ3) is 5.62. The molecule has 0 saturated heterocycles. The van der Waals surface area contributed by atoms with E-state index in [4.69, 9.17) is 0 Å². The summed E-state index contributed by atoms with van der Waals surface area (Å²) in [5, 5.41) is 4.96. The number of halogens is 5. The van der Waals surface area contributed by atoms with Crippen molar-refractivity contribution in [2.75, 3.05) is 6.54 Å². The fraction of sp³-hybridized carbons (Fsp3) is 0.538. The smallest absolute Gasteiger partial charge is 0.401 e. The second-order valence-electron chi connectivity index (χ2n) is 5.09. The van der Waals surface area contributed by atoms with Crippen molar-refractivity contribution >= 4 is 5.91 Å². The molecule has 0 aliphatic heterocycles. The van der Waals surface area contributed by atoms with Crippen LogP contribution in [0.2, 0.25) is 0 Å². The standard InChI is InChI=1S/C13H14F5N3O2/c14-12(15)23-9-1-2-10(19-5-9)11(22)21-8-3-7(4-8)20-6-13(16,17)18/h1-2,5,7-8,12,20H,3-4,6H2,(H,21,22). The molecule has 1 aliphatic carbocycles. The molecule has 5 nitrogen and oxygen atoms in total. The second-order valence-corrected chi connectivity index (χ2v) is 5.09. The first-order chi connectivity index (χ1) is 10.7. The molecule has 2 rings (SSSR count). The number of rotatable bonds is 6. The number of carbonyl (C=O) groups is 1. The molecular formula is C13H14F5N3O2. The van der Waals surface area contributed by atoms with Crippen molar-refractivity contribution < 1.29 is 31.5 Å². The van der Waals surface area contributed by atoms with Crippen molar-refractivity contribution in [1.29, 1.82) is 0 Å². The normalized spacial score (nSPS) is 21.0. The van der Waals surface area contributed by atoms with E-state index >= 15 is 0 Å². The zero-order chi connectivity index (χ0) is 17.0. The quantitative estimate of drug-likeness (QED) is 0.779. The molecule has 0 bridgehead atoms. The minimum Gasteiger partial charge on any atom is -0.433 e. The number of aromatic nitrogens is 1. The molecule has 1 aliphatic rings. The van der Waals surface area contributed by atoms with Crippen LogP contribution >= 0.6 is 0 Å². The minimum absolute atomic E-state index is 0.0123. The Morgan fingerprint density at radius 3 is 2.52 bits per heavy atom. The Morgan fingerprint density at radius 1 is 1.30 bits per heavy atom. The number of amides is 1. The van der Waals surface area contributed by atoms with Crippen LogP contribution in [0, 0.1) is 0 Å². The van der Waals surface area contributed by atoms with Crippen LogP contribution < -0.4 is 15.4 Å². The average Bonchev–Trinajstić information content (AvgIpc) is 2.40. The summed E-state index contributed by atoms with van der Waals surface area (Å²) in [6, 6.07) is 1.87. The molecule has 1 heterocycles. The molecule has 128 valence electrons. The molecule has 0 spiro atoms. The topological polar surface area (TPSA) is 63.2 Å². The van der Waals surface area contributed by atoms with E-state index in [9.17, 15) is 26.7 Å². The van der Waals surface area contributed by atoms with Crippen molar-refractivity contribution in [3.63, 3.8) is 0 Å². The van der Waals surface area contributed by atoms with Crippen molar-refractivity contribution in [3.05, 3.63) is 24.0 Å². The Morgan fingerprint density at radius 2 is 2.00 bits per heavy atom. The molecule has 0 atom stereocenters. The van der Waals surface area contributed by atoms with Crippen LogP contribution in [0.4, 0.5) is 22.0 Å². The minimum atomic E-state index is -4.26. The van der Waals surface area contributed by atoms with Gasteiger partial charge in [0.25, 0.3) is 5.91 Å². The second kappa shape index (κ2) is 7.07. The largest absolute Gasteiger partial charge is 0.433 e. The molecule has 10 heteroatoms. The number of carbonyl (C=O) groups excluding carboxylic acids is 1. The first-order valence-electron chi connectivity index (χ1n) is 6.75. The van der Waals surface area contributed by atoms with E-state index in [2.05, 4.69) is 20.4 Å². The summed E-state index contributed by atoms with van der Waals surface area (Å²) in [6.45, 7) is -4.04. The molecule has 0 radical (unpaired) electrons. The van der Waals surface area contributed by atoms with E-state index in [1.54, 1.807) is 0 Å². The highest BCUT2D eigenvalue weighted by atomic mass is 19.4. The maximum absolute atomic E-state index is 12.0. The number of hydrogen-bond donors (Lipinski definition) is 2. The van der Waals surface area contributed by atoms with Gasteiger partial charge in [0.05, 0.1) is 12.7 Å². The van der Waals surface area contributed by atoms with Gasteiger partial charge in [0, 0.05) is 12.1 Å². The Labute approximate surface area is 128 Å². The van der Waals surface area contributed by atoms with Gasteiger partial charge in [0.1, 0.15) is 11.4 Å². The van der Waals surface area contributed by atoms with Gasteiger partial charge in [-0.25, -0.2) is 4.98 Å². The third-order valence-electron chi connectivity index (χ3n) is 3.26. The van der Waals surface area contributed by atoms with Crippen molar-refractivity contribution in [1.82, 2.24) is 15.6 Å². The molecule has 1 aromatic rings. The SMILES string of the molecule is O=C(NC1CC(NCC(F)(F)F)C1)c1ccc(OC(F)F)cn1. The lowest BCUT2D eigenvalue weighted by molar-refractivity contribution is -0.127. The van der Waals surface area contributed by atoms with E-state index in [1.165, 1.54) is 12.1 Å². The molecule has 1 saturated carbocycles. The molecule has 0 unspecified atom stereocenters. The molecule has 1 fully saturated rings. The van der Waals surface area contributed by atoms with Crippen LogP contribution in [0.5, 0.6) is 5.75 Å². The molecular weight excluding hydrogens is 325 g/mol. The number of pyridine rings is 1. The predicted molar refractivity (Wildman–Crippen MR) is 69.2 cm³/mol. The lowest BCUT2D eigenvalue weighted by atomic mass is 9.86. The predicted octanol–water partition coefficient (Wildman–Crippen LogP) is 2.10. The van der Waals surface area contributed by atoms with Crippen molar-refractivity contribution in [2.45, 2.75) is 37.7 Å². The van der Waals surface area contributed by atoms with Crippen LogP contribution in [0.15, 0.2) is 18.3 Å². The zero-order valence-electron chi connectivity index (χ0n) is 11.7.